The smallest absolute Gasteiger partial charge is 0.250 e. The van der Waals surface area contributed by atoms with Gasteiger partial charge in [0.1, 0.15) is 12.1 Å². The minimum Gasteiger partial charge on any atom is -0.391 e. The molecule has 2 N–H and O–H groups in total. The van der Waals surface area contributed by atoms with Crippen molar-refractivity contribution in [2.45, 2.75) is 70.2 Å². The summed E-state index contributed by atoms with van der Waals surface area (Å²) in [5.74, 6) is -0.742. The fourth-order valence-corrected chi connectivity index (χ4v) is 5.37. The molecule has 1 aromatic rings. The Balaban J connectivity index is 1.64. The van der Waals surface area contributed by atoms with Gasteiger partial charge in [-0.1, -0.05) is 23.7 Å². The van der Waals surface area contributed by atoms with Crippen molar-refractivity contribution in [3.05, 3.63) is 34.9 Å². The zero-order chi connectivity index (χ0) is 22.6. The van der Waals surface area contributed by atoms with E-state index in [1.54, 1.807) is 34.1 Å². The van der Waals surface area contributed by atoms with Crippen molar-refractivity contribution in [3.63, 3.8) is 0 Å². The topological polar surface area (TPSA) is 90.0 Å². The van der Waals surface area contributed by atoms with Crippen LogP contribution in [0.1, 0.15) is 58.1 Å². The number of β-amino-alcohol motifs (C(OH)–C–C–N with tert-alkyl or cyclic N) is 1. The van der Waals surface area contributed by atoms with E-state index in [9.17, 15) is 19.5 Å². The fraction of sp³-hybridized carbons (Fsp3) is 0.609. The summed E-state index contributed by atoms with van der Waals surface area (Å²) in [5, 5.41) is 13.4. The molecule has 2 aliphatic heterocycles. The van der Waals surface area contributed by atoms with Gasteiger partial charge < -0.3 is 20.2 Å². The summed E-state index contributed by atoms with van der Waals surface area (Å²) >= 11 is 6.13. The lowest BCUT2D eigenvalue weighted by Crippen LogP contribution is -2.54. The highest BCUT2D eigenvalue weighted by Crippen LogP contribution is 2.55. The molecule has 31 heavy (non-hydrogen) atoms. The van der Waals surface area contributed by atoms with Crippen molar-refractivity contribution < 1.29 is 19.5 Å². The molecule has 0 bridgehead atoms. The van der Waals surface area contributed by atoms with Crippen molar-refractivity contribution >= 4 is 29.3 Å². The Morgan fingerprint density at radius 1 is 1.23 bits per heavy atom. The molecule has 1 spiro atoms. The Morgan fingerprint density at radius 2 is 1.94 bits per heavy atom. The lowest BCUT2D eigenvalue weighted by Gasteiger charge is -2.36. The predicted molar refractivity (Wildman–Crippen MR) is 116 cm³/mol. The van der Waals surface area contributed by atoms with Gasteiger partial charge in [-0.2, -0.15) is 0 Å². The molecule has 2 saturated heterocycles. The summed E-state index contributed by atoms with van der Waals surface area (Å²) in [5.41, 5.74) is 0.120. The molecule has 2 heterocycles. The van der Waals surface area contributed by atoms with Crippen LogP contribution in [0.25, 0.3) is 0 Å². The van der Waals surface area contributed by atoms with E-state index in [4.69, 9.17) is 11.6 Å². The maximum atomic E-state index is 13.7. The summed E-state index contributed by atoms with van der Waals surface area (Å²) in [6.45, 7) is 6.05. The lowest BCUT2D eigenvalue weighted by atomic mass is 9.98. The molecule has 3 aliphatic rings. The molecule has 0 aromatic heterocycles. The Hall–Kier alpha value is -2.12. The van der Waals surface area contributed by atoms with Crippen molar-refractivity contribution in [1.82, 2.24) is 15.1 Å². The van der Waals surface area contributed by atoms with Crippen molar-refractivity contribution in [2.24, 2.45) is 5.41 Å². The standard InChI is InChI=1S/C23H30ClN3O4/c1-14(28)25-19(15-5-4-6-16(24)9-15)21(31)26-13-23(7-8-23)11-18(26)20(30)27-12-17(29)10-22(27,2)3/h4-6,9,17-19,29H,7-8,10-13H2,1-3H3,(H,25,28)/t17?,18-,19-/m1/s1. The number of likely N-dealkylation sites (tertiary alicyclic amines) is 2. The van der Waals surface area contributed by atoms with E-state index in [0.717, 1.165) is 12.8 Å². The Bertz CT molecular complexity index is 914. The molecule has 7 nitrogen and oxygen atoms in total. The molecule has 1 aromatic carbocycles. The van der Waals surface area contributed by atoms with E-state index < -0.39 is 23.7 Å². The summed E-state index contributed by atoms with van der Waals surface area (Å²) in [6, 6.07) is 5.38. The number of carbonyl (C=O) groups excluding carboxylic acids is 3. The van der Waals surface area contributed by atoms with Gasteiger partial charge in [0.05, 0.1) is 6.10 Å². The van der Waals surface area contributed by atoms with Crippen LogP contribution in [0.4, 0.5) is 0 Å². The van der Waals surface area contributed by atoms with E-state index in [2.05, 4.69) is 5.32 Å². The Morgan fingerprint density at radius 3 is 2.48 bits per heavy atom. The minimum atomic E-state index is -0.905. The molecule has 3 fully saturated rings. The third kappa shape index (κ3) is 4.30. The lowest BCUT2D eigenvalue weighted by molar-refractivity contribution is -0.147. The summed E-state index contributed by atoms with van der Waals surface area (Å²) in [6.07, 6.45) is 2.57. The van der Waals surface area contributed by atoms with Gasteiger partial charge in [-0.3, -0.25) is 14.4 Å². The normalized spacial score (nSPS) is 26.7. The average molecular weight is 448 g/mol. The maximum Gasteiger partial charge on any atom is 0.250 e. The van der Waals surface area contributed by atoms with Crippen LogP contribution in [0.2, 0.25) is 5.02 Å². The first kappa shape index (κ1) is 22.1. The van der Waals surface area contributed by atoms with E-state index in [1.807, 2.05) is 13.8 Å². The van der Waals surface area contributed by atoms with Crippen LogP contribution in [-0.4, -0.2) is 63.4 Å². The highest BCUT2D eigenvalue weighted by molar-refractivity contribution is 6.30. The number of rotatable bonds is 4. The largest absolute Gasteiger partial charge is 0.391 e. The third-order valence-corrected chi connectivity index (χ3v) is 7.17. The van der Waals surface area contributed by atoms with E-state index >= 15 is 0 Å². The van der Waals surface area contributed by atoms with E-state index in [1.165, 1.54) is 6.92 Å². The average Bonchev–Trinajstić information content (AvgIpc) is 3.22. The molecule has 1 unspecified atom stereocenters. The summed E-state index contributed by atoms with van der Waals surface area (Å²) in [4.78, 5) is 42.6. The Kier molecular flexibility index (Phi) is 5.54. The van der Waals surface area contributed by atoms with Crippen LogP contribution >= 0.6 is 11.6 Å². The molecule has 3 amide bonds. The molecule has 3 atom stereocenters. The van der Waals surface area contributed by atoms with Crippen LogP contribution in [0, 0.1) is 5.41 Å². The second-order valence-electron chi connectivity index (χ2n) is 9.99. The first-order valence-corrected chi connectivity index (χ1v) is 11.2. The SMILES string of the molecule is CC(=O)N[C@@H](C(=O)N1CC2(CC2)C[C@@H]1C(=O)N1CC(O)CC1(C)C)c1cccc(Cl)c1. The van der Waals surface area contributed by atoms with Gasteiger partial charge in [0.15, 0.2) is 0 Å². The van der Waals surface area contributed by atoms with Crippen LogP contribution in [-0.2, 0) is 14.4 Å². The van der Waals surface area contributed by atoms with Gasteiger partial charge in [-0.25, -0.2) is 0 Å². The number of benzene rings is 1. The molecular formula is C23H30ClN3O4. The zero-order valence-corrected chi connectivity index (χ0v) is 19.0. The number of nitrogens with one attached hydrogen (secondary N) is 1. The highest BCUT2D eigenvalue weighted by Gasteiger charge is 2.57. The fourth-order valence-electron chi connectivity index (χ4n) is 5.17. The number of carbonyl (C=O) groups is 3. The molecule has 0 radical (unpaired) electrons. The van der Waals surface area contributed by atoms with Gasteiger partial charge in [0, 0.05) is 30.6 Å². The number of aliphatic hydroxyl groups excluding tert-OH is 1. The van der Waals surface area contributed by atoms with Gasteiger partial charge in [-0.05, 0) is 62.6 Å². The predicted octanol–water partition coefficient (Wildman–Crippen LogP) is 2.27. The number of halogens is 1. The van der Waals surface area contributed by atoms with Gasteiger partial charge in [0.2, 0.25) is 11.8 Å². The number of hydrogen-bond acceptors (Lipinski definition) is 4. The van der Waals surface area contributed by atoms with Crippen molar-refractivity contribution in [2.75, 3.05) is 13.1 Å². The second-order valence-corrected chi connectivity index (χ2v) is 10.4. The number of amides is 3. The molecular weight excluding hydrogens is 418 g/mol. The zero-order valence-electron chi connectivity index (χ0n) is 18.2. The van der Waals surface area contributed by atoms with E-state index in [0.29, 0.717) is 30.0 Å². The highest BCUT2D eigenvalue weighted by atomic mass is 35.5. The van der Waals surface area contributed by atoms with E-state index in [-0.39, 0.29) is 29.7 Å². The monoisotopic (exact) mass is 447 g/mol. The third-order valence-electron chi connectivity index (χ3n) is 6.94. The summed E-state index contributed by atoms with van der Waals surface area (Å²) < 4.78 is 0. The second kappa shape index (κ2) is 7.78. The molecule has 8 heteroatoms. The van der Waals surface area contributed by atoms with Gasteiger partial charge in [-0.15, -0.1) is 0 Å². The molecule has 1 aliphatic carbocycles. The van der Waals surface area contributed by atoms with Crippen molar-refractivity contribution in [3.8, 4) is 0 Å². The summed E-state index contributed by atoms with van der Waals surface area (Å²) in [7, 11) is 0. The first-order valence-electron chi connectivity index (χ1n) is 10.8. The molecule has 168 valence electrons. The number of hydrogen-bond donors (Lipinski definition) is 2. The van der Waals surface area contributed by atoms with Crippen LogP contribution < -0.4 is 5.32 Å². The van der Waals surface area contributed by atoms with Crippen LogP contribution in [0.5, 0.6) is 0 Å². The van der Waals surface area contributed by atoms with Gasteiger partial charge in [0.25, 0.3) is 5.91 Å². The van der Waals surface area contributed by atoms with Crippen LogP contribution in [0.15, 0.2) is 24.3 Å². The van der Waals surface area contributed by atoms with Gasteiger partial charge >= 0.3 is 0 Å². The van der Waals surface area contributed by atoms with Crippen molar-refractivity contribution in [1.29, 1.82) is 0 Å². The Labute approximate surface area is 187 Å². The quantitative estimate of drug-likeness (QED) is 0.740. The maximum absolute atomic E-state index is 13.7. The number of nitrogens with zero attached hydrogens (tertiary/aromatic N) is 2. The molecule has 1 saturated carbocycles. The van der Waals surface area contributed by atoms with Crippen LogP contribution in [0.3, 0.4) is 0 Å². The first-order chi connectivity index (χ1) is 14.5. The minimum absolute atomic E-state index is 0.00637. The number of aliphatic hydroxyl groups is 1. The molecule has 4 rings (SSSR count).